The summed E-state index contributed by atoms with van der Waals surface area (Å²) in [4.78, 5) is 14.5. The number of rotatable bonds is 8. The van der Waals surface area contributed by atoms with E-state index in [0.29, 0.717) is 17.3 Å². The zero-order chi connectivity index (χ0) is 15.8. The van der Waals surface area contributed by atoms with Crippen molar-refractivity contribution >= 4 is 28.8 Å². The number of nitrogens with zero attached hydrogens (tertiary/aromatic N) is 1. The molecule has 3 N–H and O–H groups in total. The fourth-order valence-corrected chi connectivity index (χ4v) is 1.98. The summed E-state index contributed by atoms with van der Waals surface area (Å²) < 4.78 is 5.01. The maximum absolute atomic E-state index is 12.2. The summed E-state index contributed by atoms with van der Waals surface area (Å²) in [5.74, 6) is -0.0602. The van der Waals surface area contributed by atoms with Crippen LogP contribution in [0, 0.1) is 0 Å². The summed E-state index contributed by atoms with van der Waals surface area (Å²) in [6.07, 6.45) is 0.890. The Morgan fingerprint density at radius 2 is 2.24 bits per heavy atom. The molecule has 1 amide bonds. The van der Waals surface area contributed by atoms with E-state index in [4.69, 9.17) is 22.7 Å². The third-order valence-electron chi connectivity index (χ3n) is 3.31. The van der Waals surface area contributed by atoms with Crippen LogP contribution in [0.3, 0.4) is 0 Å². The molecule has 1 unspecified atom stereocenters. The molecule has 0 aliphatic carbocycles. The van der Waals surface area contributed by atoms with Crippen LogP contribution >= 0.6 is 12.2 Å². The van der Waals surface area contributed by atoms with Gasteiger partial charge in [-0.05, 0) is 32.5 Å². The Hall–Kier alpha value is -1.50. The fraction of sp³-hybridized carbons (Fsp3) is 0.467. The first-order valence-corrected chi connectivity index (χ1v) is 7.26. The van der Waals surface area contributed by atoms with Crippen LogP contribution in [0.15, 0.2) is 24.3 Å². The molecule has 0 spiro atoms. The quantitative estimate of drug-likeness (QED) is 0.564. The van der Waals surface area contributed by atoms with Gasteiger partial charge < -0.3 is 15.8 Å². The number of methoxy groups -OCH3 is 1. The molecule has 6 heteroatoms. The minimum atomic E-state index is -0.227. The molecule has 21 heavy (non-hydrogen) atoms. The van der Waals surface area contributed by atoms with Gasteiger partial charge in [-0.25, -0.2) is 0 Å². The Bertz CT molecular complexity index is 494. The second-order valence-electron chi connectivity index (χ2n) is 4.94. The van der Waals surface area contributed by atoms with Gasteiger partial charge in [0.25, 0.3) is 0 Å². The maximum Gasteiger partial charge on any atom is 0.241 e. The molecule has 0 saturated carbocycles. The molecule has 1 aromatic rings. The third kappa shape index (κ3) is 5.79. The van der Waals surface area contributed by atoms with Crippen molar-refractivity contribution in [2.45, 2.75) is 19.4 Å². The van der Waals surface area contributed by atoms with Crippen molar-refractivity contribution in [1.29, 1.82) is 0 Å². The summed E-state index contributed by atoms with van der Waals surface area (Å²) in [7, 11) is 3.59. The van der Waals surface area contributed by atoms with Gasteiger partial charge >= 0.3 is 0 Å². The van der Waals surface area contributed by atoms with E-state index >= 15 is 0 Å². The summed E-state index contributed by atoms with van der Waals surface area (Å²) in [6, 6.07) is 7.00. The van der Waals surface area contributed by atoms with Crippen molar-refractivity contribution in [3.63, 3.8) is 0 Å². The normalized spacial score (nSPS) is 12.2. The Balaban J connectivity index is 2.59. The Labute approximate surface area is 131 Å². The molecule has 0 radical (unpaired) electrons. The lowest BCUT2D eigenvalue weighted by atomic mass is 10.2. The highest BCUT2D eigenvalue weighted by Crippen LogP contribution is 2.12. The van der Waals surface area contributed by atoms with Gasteiger partial charge in [0.05, 0.1) is 6.04 Å². The van der Waals surface area contributed by atoms with E-state index in [1.807, 2.05) is 37.1 Å². The number of hydrogen-bond acceptors (Lipinski definition) is 4. The van der Waals surface area contributed by atoms with Gasteiger partial charge in [-0.15, -0.1) is 0 Å². The summed E-state index contributed by atoms with van der Waals surface area (Å²) in [6.45, 7) is 3.36. The SMILES string of the molecule is COCCCN(C)C(C)C(=O)Nc1cccc(C(N)=S)c1. The lowest BCUT2D eigenvalue weighted by Gasteiger charge is -2.23. The first kappa shape index (κ1) is 17.6. The number of anilines is 1. The largest absolute Gasteiger partial charge is 0.389 e. The van der Waals surface area contributed by atoms with Crippen molar-refractivity contribution in [2.24, 2.45) is 5.73 Å². The number of carbonyl (C=O) groups is 1. The van der Waals surface area contributed by atoms with E-state index in [9.17, 15) is 4.79 Å². The number of thiocarbonyl (C=S) groups is 1. The summed E-state index contributed by atoms with van der Waals surface area (Å²) >= 11 is 4.93. The first-order valence-electron chi connectivity index (χ1n) is 6.85. The highest BCUT2D eigenvalue weighted by molar-refractivity contribution is 7.80. The molecule has 0 bridgehead atoms. The number of hydrogen-bond donors (Lipinski definition) is 2. The van der Waals surface area contributed by atoms with Crippen molar-refractivity contribution < 1.29 is 9.53 Å². The zero-order valence-corrected chi connectivity index (χ0v) is 13.6. The highest BCUT2D eigenvalue weighted by Gasteiger charge is 2.17. The van der Waals surface area contributed by atoms with E-state index in [0.717, 1.165) is 18.5 Å². The predicted molar refractivity (Wildman–Crippen MR) is 89.5 cm³/mol. The summed E-state index contributed by atoms with van der Waals surface area (Å²) in [5.41, 5.74) is 7.02. The Morgan fingerprint density at radius 3 is 2.86 bits per heavy atom. The van der Waals surface area contributed by atoms with Gasteiger partial charge in [0, 0.05) is 31.5 Å². The monoisotopic (exact) mass is 309 g/mol. The Morgan fingerprint density at radius 1 is 1.52 bits per heavy atom. The third-order valence-corrected chi connectivity index (χ3v) is 3.55. The van der Waals surface area contributed by atoms with Crippen LogP contribution in [0.4, 0.5) is 5.69 Å². The van der Waals surface area contributed by atoms with Crippen molar-refractivity contribution in [2.75, 3.05) is 32.6 Å². The van der Waals surface area contributed by atoms with E-state index in [2.05, 4.69) is 5.32 Å². The number of benzene rings is 1. The Kier molecular flexibility index (Phi) is 7.28. The van der Waals surface area contributed by atoms with Crippen LogP contribution in [0.1, 0.15) is 18.9 Å². The predicted octanol–water partition coefficient (Wildman–Crippen LogP) is 1.62. The first-order chi connectivity index (χ1) is 9.95. The fourth-order valence-electron chi connectivity index (χ4n) is 1.85. The standard InChI is InChI=1S/C15H23N3O2S/c1-11(18(2)8-5-9-20-3)15(19)17-13-7-4-6-12(10-13)14(16)21/h4,6-7,10-11H,5,8-9H2,1-3H3,(H2,16,21)(H,17,19). The smallest absolute Gasteiger partial charge is 0.241 e. The highest BCUT2D eigenvalue weighted by atomic mass is 32.1. The van der Waals surface area contributed by atoms with Gasteiger partial charge in [0.15, 0.2) is 0 Å². The zero-order valence-electron chi connectivity index (χ0n) is 12.8. The minimum absolute atomic E-state index is 0.0602. The van der Waals surface area contributed by atoms with Gasteiger partial charge in [-0.2, -0.15) is 0 Å². The molecule has 1 atom stereocenters. The molecule has 0 fully saturated rings. The molecule has 0 aliphatic rings. The van der Waals surface area contributed by atoms with E-state index in [1.165, 1.54) is 0 Å². The van der Waals surface area contributed by atoms with E-state index in [1.54, 1.807) is 13.2 Å². The van der Waals surface area contributed by atoms with Crippen molar-refractivity contribution in [3.05, 3.63) is 29.8 Å². The molecule has 0 heterocycles. The number of likely N-dealkylation sites (N-methyl/N-ethyl adjacent to an activating group) is 1. The molecule has 1 rings (SSSR count). The van der Waals surface area contributed by atoms with Crippen LogP contribution in [0.5, 0.6) is 0 Å². The molecule has 1 aromatic carbocycles. The van der Waals surface area contributed by atoms with Crippen molar-refractivity contribution in [1.82, 2.24) is 4.90 Å². The van der Waals surface area contributed by atoms with Gasteiger partial charge in [0.1, 0.15) is 4.99 Å². The minimum Gasteiger partial charge on any atom is -0.389 e. The summed E-state index contributed by atoms with van der Waals surface area (Å²) in [5, 5.41) is 2.88. The van der Waals surface area contributed by atoms with Crippen LogP contribution in [-0.4, -0.2) is 49.1 Å². The van der Waals surface area contributed by atoms with Crippen LogP contribution in [0.2, 0.25) is 0 Å². The van der Waals surface area contributed by atoms with Gasteiger partial charge in [0.2, 0.25) is 5.91 Å². The molecule has 0 saturated heterocycles. The number of amides is 1. The second-order valence-corrected chi connectivity index (χ2v) is 5.38. The van der Waals surface area contributed by atoms with Crippen LogP contribution < -0.4 is 11.1 Å². The average Bonchev–Trinajstić information content (AvgIpc) is 2.46. The molecule has 5 nitrogen and oxygen atoms in total. The topological polar surface area (TPSA) is 67.6 Å². The van der Waals surface area contributed by atoms with Gasteiger partial charge in [-0.1, -0.05) is 24.4 Å². The second kappa shape index (κ2) is 8.71. The van der Waals surface area contributed by atoms with Crippen molar-refractivity contribution in [3.8, 4) is 0 Å². The molecular formula is C15H23N3O2S. The van der Waals surface area contributed by atoms with Gasteiger partial charge in [-0.3, -0.25) is 9.69 Å². The lowest BCUT2D eigenvalue weighted by Crippen LogP contribution is -2.40. The van der Waals surface area contributed by atoms with E-state index < -0.39 is 0 Å². The maximum atomic E-state index is 12.2. The number of nitrogens with one attached hydrogen (secondary N) is 1. The average molecular weight is 309 g/mol. The number of ether oxygens (including phenoxy) is 1. The van der Waals surface area contributed by atoms with E-state index in [-0.39, 0.29) is 11.9 Å². The van der Waals surface area contributed by atoms with Crippen LogP contribution in [0.25, 0.3) is 0 Å². The number of nitrogens with two attached hydrogens (primary N) is 1. The molecule has 0 aromatic heterocycles. The molecular weight excluding hydrogens is 286 g/mol. The van der Waals surface area contributed by atoms with Crippen LogP contribution in [-0.2, 0) is 9.53 Å². The number of carbonyl (C=O) groups excluding carboxylic acids is 1. The molecule has 0 aliphatic heterocycles. The lowest BCUT2D eigenvalue weighted by molar-refractivity contribution is -0.120. The molecule has 116 valence electrons.